The largest absolute Gasteiger partial charge is 0.273 e. The summed E-state index contributed by atoms with van der Waals surface area (Å²) in [5, 5.41) is 13.7. The normalized spacial score (nSPS) is 19.8. The fourth-order valence-corrected chi connectivity index (χ4v) is 4.44. The number of hydrazine groups is 1. The van der Waals surface area contributed by atoms with Crippen molar-refractivity contribution in [2.24, 2.45) is 11.8 Å². The fourth-order valence-electron chi connectivity index (χ4n) is 3.97. The summed E-state index contributed by atoms with van der Waals surface area (Å²) in [6.07, 6.45) is 4.51. The monoisotopic (exact) mass is 473 g/mol. The minimum Gasteiger partial charge on any atom is -0.272 e. The van der Waals surface area contributed by atoms with Crippen LogP contribution in [0.3, 0.4) is 0 Å². The van der Waals surface area contributed by atoms with Gasteiger partial charge in [0.05, 0.1) is 23.3 Å². The number of nitrogens with zero attached hydrogens (tertiary/aromatic N) is 3. The van der Waals surface area contributed by atoms with Gasteiger partial charge in [0.2, 0.25) is 0 Å². The number of fused-ring (bicyclic) bond motifs is 1. The van der Waals surface area contributed by atoms with Crippen LogP contribution in [0.1, 0.15) is 28.8 Å². The molecule has 0 N–H and O–H groups in total. The predicted molar refractivity (Wildman–Crippen MR) is 117 cm³/mol. The van der Waals surface area contributed by atoms with Gasteiger partial charge in [0.1, 0.15) is 0 Å². The number of non-ortho nitro benzene ring substituents is 1. The van der Waals surface area contributed by atoms with Crippen LogP contribution in [0.5, 0.6) is 0 Å². The molecule has 2 atom stereocenters. The van der Waals surface area contributed by atoms with Crippen molar-refractivity contribution in [3.8, 4) is 0 Å². The lowest BCUT2D eigenvalue weighted by Gasteiger charge is -2.31. The average Bonchev–Trinajstić information content (AvgIpc) is 3.03. The van der Waals surface area contributed by atoms with Crippen molar-refractivity contribution in [3.63, 3.8) is 0 Å². The van der Waals surface area contributed by atoms with Crippen molar-refractivity contribution in [2.75, 3.05) is 0 Å². The molecule has 0 spiro atoms. The highest BCUT2D eigenvalue weighted by Crippen LogP contribution is 2.37. The highest BCUT2D eigenvalue weighted by molar-refractivity contribution is 6.35. The summed E-state index contributed by atoms with van der Waals surface area (Å²) in [7, 11) is 0. The summed E-state index contributed by atoms with van der Waals surface area (Å²) < 4.78 is 0. The van der Waals surface area contributed by atoms with E-state index in [-0.39, 0.29) is 22.8 Å². The molecule has 2 aromatic carbocycles. The van der Waals surface area contributed by atoms with Crippen molar-refractivity contribution >= 4 is 46.6 Å². The number of hydrogen-bond acceptors (Lipinski definition) is 5. The van der Waals surface area contributed by atoms with Gasteiger partial charge in [-0.2, -0.15) is 5.01 Å². The van der Waals surface area contributed by atoms with Gasteiger partial charge in [0, 0.05) is 27.7 Å². The molecule has 0 bridgehead atoms. The lowest BCUT2D eigenvalue weighted by molar-refractivity contribution is -0.384. The fraction of sp³-hybridized carbons (Fsp3) is 0.227. The highest BCUT2D eigenvalue weighted by Gasteiger charge is 2.51. The first-order valence-corrected chi connectivity index (χ1v) is 10.6. The molecular formula is C22H17Cl2N3O5. The molecule has 1 aliphatic heterocycles. The molecular weight excluding hydrogens is 457 g/mol. The van der Waals surface area contributed by atoms with Gasteiger partial charge in [-0.15, -0.1) is 0 Å². The predicted octanol–water partition coefficient (Wildman–Crippen LogP) is 4.41. The van der Waals surface area contributed by atoms with Crippen LogP contribution in [-0.2, 0) is 16.1 Å². The Morgan fingerprint density at radius 1 is 1.06 bits per heavy atom. The molecule has 1 aliphatic carbocycles. The van der Waals surface area contributed by atoms with Crippen molar-refractivity contribution in [3.05, 3.63) is 85.9 Å². The van der Waals surface area contributed by atoms with E-state index in [0.717, 1.165) is 16.1 Å². The molecule has 10 heteroatoms. The minimum atomic E-state index is -0.729. The second kappa shape index (κ2) is 8.72. The number of rotatable bonds is 5. The van der Waals surface area contributed by atoms with E-state index in [2.05, 4.69) is 0 Å². The van der Waals surface area contributed by atoms with E-state index in [0.29, 0.717) is 23.4 Å². The Morgan fingerprint density at radius 2 is 1.72 bits per heavy atom. The number of hydrogen-bond donors (Lipinski definition) is 0. The molecule has 0 unspecified atom stereocenters. The smallest absolute Gasteiger partial charge is 0.272 e. The summed E-state index contributed by atoms with van der Waals surface area (Å²) in [6.45, 7) is -0.193. The maximum atomic E-state index is 13.5. The Hall–Kier alpha value is -3.23. The topological polar surface area (TPSA) is 101 Å². The van der Waals surface area contributed by atoms with E-state index in [1.807, 2.05) is 12.2 Å². The summed E-state index contributed by atoms with van der Waals surface area (Å²) in [5.41, 5.74) is 0.151. The lowest BCUT2D eigenvalue weighted by atomic mass is 9.85. The van der Waals surface area contributed by atoms with Crippen LogP contribution in [0.25, 0.3) is 0 Å². The number of nitro benzene ring substituents is 1. The van der Waals surface area contributed by atoms with Gasteiger partial charge in [-0.05, 0) is 36.6 Å². The number of benzene rings is 2. The van der Waals surface area contributed by atoms with E-state index < -0.39 is 34.5 Å². The van der Waals surface area contributed by atoms with Crippen molar-refractivity contribution in [1.82, 2.24) is 10.0 Å². The Kier molecular flexibility index (Phi) is 5.99. The number of amides is 3. The highest BCUT2D eigenvalue weighted by atomic mass is 35.5. The molecule has 1 fully saturated rings. The van der Waals surface area contributed by atoms with Gasteiger partial charge in [0.15, 0.2) is 0 Å². The van der Waals surface area contributed by atoms with E-state index in [9.17, 15) is 24.5 Å². The van der Waals surface area contributed by atoms with Crippen LogP contribution >= 0.6 is 23.2 Å². The van der Waals surface area contributed by atoms with Gasteiger partial charge >= 0.3 is 0 Å². The first kappa shape index (κ1) is 22.0. The van der Waals surface area contributed by atoms with Crippen LogP contribution in [0.2, 0.25) is 10.0 Å². The SMILES string of the molecule is O=C(c1cccc([N+](=O)[O-])c1)N(Cc1ccc(Cl)cc1Cl)N1C(=O)[C@@H]2CC=CC[C@H]2C1=O. The standard InChI is InChI=1S/C22H17Cl2N3O5/c23-15-9-8-14(19(24)11-15)12-25(20(28)13-4-3-5-16(10-13)27(31)32)26-21(29)17-6-1-2-7-18(17)22(26)30/h1-5,8-11,17-18H,6-7,12H2/t17-,18-/m1/s1. The summed E-state index contributed by atoms with van der Waals surface area (Å²) in [4.78, 5) is 50.3. The van der Waals surface area contributed by atoms with Gasteiger partial charge in [0.25, 0.3) is 23.4 Å². The average molecular weight is 474 g/mol. The van der Waals surface area contributed by atoms with Crippen molar-refractivity contribution in [2.45, 2.75) is 19.4 Å². The van der Waals surface area contributed by atoms with Gasteiger partial charge in [-0.3, -0.25) is 24.5 Å². The lowest BCUT2D eigenvalue weighted by Crippen LogP contribution is -2.49. The second-order valence-electron chi connectivity index (χ2n) is 7.55. The molecule has 164 valence electrons. The minimum absolute atomic E-state index is 0.0297. The van der Waals surface area contributed by atoms with Crippen LogP contribution in [0.4, 0.5) is 5.69 Å². The molecule has 0 radical (unpaired) electrons. The van der Waals surface area contributed by atoms with E-state index in [1.54, 1.807) is 12.1 Å². The van der Waals surface area contributed by atoms with Crippen molar-refractivity contribution < 1.29 is 19.3 Å². The number of imide groups is 1. The molecule has 0 aromatic heterocycles. The third-order valence-electron chi connectivity index (χ3n) is 5.60. The van der Waals surface area contributed by atoms with Crippen LogP contribution in [0.15, 0.2) is 54.6 Å². The number of carbonyl (C=O) groups excluding carboxylic acids is 3. The third kappa shape index (κ3) is 3.99. The number of carbonyl (C=O) groups is 3. The first-order valence-electron chi connectivity index (χ1n) is 9.81. The number of nitro groups is 1. The quantitative estimate of drug-likeness (QED) is 0.277. The van der Waals surface area contributed by atoms with Crippen LogP contribution in [-0.4, -0.2) is 32.7 Å². The van der Waals surface area contributed by atoms with E-state index in [4.69, 9.17) is 23.2 Å². The Labute approximate surface area is 193 Å². The van der Waals surface area contributed by atoms with Crippen molar-refractivity contribution in [1.29, 1.82) is 0 Å². The molecule has 3 amide bonds. The Balaban J connectivity index is 1.75. The molecule has 2 aromatic rings. The third-order valence-corrected chi connectivity index (χ3v) is 6.19. The second-order valence-corrected chi connectivity index (χ2v) is 8.39. The number of halogens is 2. The van der Waals surface area contributed by atoms with Gasteiger partial charge < -0.3 is 0 Å². The zero-order valence-electron chi connectivity index (χ0n) is 16.6. The molecule has 2 aliphatic rings. The molecule has 0 saturated carbocycles. The molecule has 1 heterocycles. The summed E-state index contributed by atoms with van der Waals surface area (Å²) in [5.74, 6) is -2.78. The molecule has 4 rings (SSSR count). The van der Waals surface area contributed by atoms with Crippen LogP contribution < -0.4 is 0 Å². The van der Waals surface area contributed by atoms with E-state index >= 15 is 0 Å². The van der Waals surface area contributed by atoms with Gasteiger partial charge in [-0.25, -0.2) is 5.01 Å². The van der Waals surface area contributed by atoms with Crippen LogP contribution in [0, 0.1) is 22.0 Å². The summed E-state index contributed by atoms with van der Waals surface area (Å²) in [6, 6.07) is 9.80. The van der Waals surface area contributed by atoms with Gasteiger partial charge in [-0.1, -0.05) is 47.5 Å². The Bertz CT molecular complexity index is 1140. The molecule has 32 heavy (non-hydrogen) atoms. The maximum absolute atomic E-state index is 13.5. The number of allylic oxidation sites excluding steroid dienone is 2. The maximum Gasteiger partial charge on any atom is 0.273 e. The molecule has 8 nitrogen and oxygen atoms in total. The Morgan fingerprint density at radius 3 is 2.31 bits per heavy atom. The van der Waals surface area contributed by atoms with E-state index in [1.165, 1.54) is 24.3 Å². The first-order chi connectivity index (χ1) is 15.3. The summed E-state index contributed by atoms with van der Waals surface area (Å²) >= 11 is 12.2. The molecule has 1 saturated heterocycles. The zero-order chi connectivity index (χ0) is 23.0. The zero-order valence-corrected chi connectivity index (χ0v) is 18.1.